The SMILES string of the molecule is C=C(C)NC(CC(=N)c1ccccc1O)c1ccccc1O. The minimum absolute atomic E-state index is 0.0823. The van der Waals surface area contributed by atoms with Gasteiger partial charge in [-0.3, -0.25) is 0 Å². The number of nitrogens with one attached hydrogen (secondary N) is 2. The first-order valence-corrected chi connectivity index (χ1v) is 7.04. The molecule has 0 saturated heterocycles. The second kappa shape index (κ2) is 6.80. The minimum atomic E-state index is -0.286. The maximum atomic E-state index is 10.0. The lowest BCUT2D eigenvalue weighted by Gasteiger charge is -2.22. The summed E-state index contributed by atoms with van der Waals surface area (Å²) in [5.74, 6) is 0.255. The van der Waals surface area contributed by atoms with E-state index in [0.717, 1.165) is 5.70 Å². The van der Waals surface area contributed by atoms with Crippen LogP contribution in [0.25, 0.3) is 0 Å². The zero-order chi connectivity index (χ0) is 16.1. The van der Waals surface area contributed by atoms with Gasteiger partial charge in [0.05, 0.1) is 6.04 Å². The Kier molecular flexibility index (Phi) is 4.84. The normalized spacial score (nSPS) is 11.7. The third kappa shape index (κ3) is 3.67. The number of phenolic OH excluding ortho intramolecular Hbond substituents is 2. The molecule has 22 heavy (non-hydrogen) atoms. The number of hydrogen-bond acceptors (Lipinski definition) is 4. The maximum absolute atomic E-state index is 10.0. The summed E-state index contributed by atoms with van der Waals surface area (Å²) >= 11 is 0. The van der Waals surface area contributed by atoms with Crippen LogP contribution in [-0.2, 0) is 0 Å². The number of phenols is 2. The molecule has 1 atom stereocenters. The molecule has 0 saturated carbocycles. The largest absolute Gasteiger partial charge is 0.508 e. The molecule has 0 radical (unpaired) electrons. The molecule has 0 amide bonds. The highest BCUT2D eigenvalue weighted by atomic mass is 16.3. The maximum Gasteiger partial charge on any atom is 0.124 e. The van der Waals surface area contributed by atoms with E-state index in [1.165, 1.54) is 0 Å². The average molecular weight is 296 g/mol. The van der Waals surface area contributed by atoms with E-state index >= 15 is 0 Å². The molecule has 2 rings (SSSR count). The van der Waals surface area contributed by atoms with Crippen LogP contribution in [0.1, 0.15) is 30.5 Å². The number of para-hydroxylation sites is 2. The lowest BCUT2D eigenvalue weighted by Crippen LogP contribution is -2.22. The third-order valence-electron chi connectivity index (χ3n) is 3.37. The Balaban J connectivity index is 2.28. The highest BCUT2D eigenvalue weighted by Gasteiger charge is 2.18. The van der Waals surface area contributed by atoms with Crippen molar-refractivity contribution in [1.82, 2.24) is 5.32 Å². The van der Waals surface area contributed by atoms with Gasteiger partial charge in [0, 0.05) is 29.0 Å². The van der Waals surface area contributed by atoms with Crippen LogP contribution < -0.4 is 5.32 Å². The van der Waals surface area contributed by atoms with E-state index in [9.17, 15) is 10.2 Å². The van der Waals surface area contributed by atoms with Gasteiger partial charge in [-0.05, 0) is 25.1 Å². The quantitative estimate of drug-likeness (QED) is 0.614. The van der Waals surface area contributed by atoms with E-state index in [4.69, 9.17) is 5.41 Å². The third-order valence-corrected chi connectivity index (χ3v) is 3.37. The predicted octanol–water partition coefficient (Wildman–Crippen LogP) is 3.72. The van der Waals surface area contributed by atoms with Crippen molar-refractivity contribution >= 4 is 5.71 Å². The Morgan fingerprint density at radius 1 is 1.09 bits per heavy atom. The molecule has 0 bridgehead atoms. The molecule has 2 aromatic rings. The van der Waals surface area contributed by atoms with Gasteiger partial charge >= 0.3 is 0 Å². The summed E-state index contributed by atoms with van der Waals surface area (Å²) < 4.78 is 0. The molecule has 0 aliphatic heterocycles. The zero-order valence-electron chi connectivity index (χ0n) is 12.5. The molecule has 0 fully saturated rings. The molecular weight excluding hydrogens is 276 g/mol. The molecule has 4 heteroatoms. The smallest absolute Gasteiger partial charge is 0.124 e. The van der Waals surface area contributed by atoms with Crippen LogP contribution in [0.5, 0.6) is 11.5 Å². The van der Waals surface area contributed by atoms with Crippen LogP contribution >= 0.6 is 0 Å². The number of rotatable bonds is 6. The van der Waals surface area contributed by atoms with Crippen molar-refractivity contribution in [3.63, 3.8) is 0 Å². The molecule has 4 N–H and O–H groups in total. The van der Waals surface area contributed by atoms with Gasteiger partial charge in [-0.1, -0.05) is 36.9 Å². The van der Waals surface area contributed by atoms with Crippen LogP contribution in [0.15, 0.2) is 60.8 Å². The summed E-state index contributed by atoms with van der Waals surface area (Å²) in [5.41, 5.74) is 2.23. The van der Waals surface area contributed by atoms with E-state index in [2.05, 4.69) is 11.9 Å². The van der Waals surface area contributed by atoms with Crippen LogP contribution in [0.2, 0.25) is 0 Å². The fourth-order valence-corrected chi connectivity index (χ4v) is 2.36. The lowest BCUT2D eigenvalue weighted by molar-refractivity contribution is 0.455. The van der Waals surface area contributed by atoms with Gasteiger partial charge in [0.2, 0.25) is 0 Å². The molecule has 0 aliphatic carbocycles. The first-order valence-electron chi connectivity index (χ1n) is 7.04. The molecule has 4 nitrogen and oxygen atoms in total. The van der Waals surface area contributed by atoms with Gasteiger partial charge in [-0.2, -0.15) is 0 Å². The van der Waals surface area contributed by atoms with Crippen LogP contribution in [-0.4, -0.2) is 15.9 Å². The topological polar surface area (TPSA) is 76.3 Å². The van der Waals surface area contributed by atoms with E-state index in [-0.39, 0.29) is 17.5 Å². The second-order valence-corrected chi connectivity index (χ2v) is 5.24. The van der Waals surface area contributed by atoms with E-state index in [1.807, 2.05) is 19.1 Å². The fraction of sp³-hybridized carbons (Fsp3) is 0.167. The van der Waals surface area contributed by atoms with Crippen molar-refractivity contribution in [3.8, 4) is 11.5 Å². The van der Waals surface area contributed by atoms with Crippen molar-refractivity contribution < 1.29 is 10.2 Å². The Bertz CT molecular complexity index is 695. The molecule has 114 valence electrons. The summed E-state index contributed by atoms with van der Waals surface area (Å²) in [5, 5.41) is 31.3. The Morgan fingerprint density at radius 2 is 1.68 bits per heavy atom. The van der Waals surface area contributed by atoms with Crippen molar-refractivity contribution in [1.29, 1.82) is 5.41 Å². The number of benzene rings is 2. The summed E-state index contributed by atoms with van der Waals surface area (Å²) in [6.07, 6.45) is 0.321. The summed E-state index contributed by atoms with van der Waals surface area (Å²) in [4.78, 5) is 0. The summed E-state index contributed by atoms with van der Waals surface area (Å²) in [7, 11) is 0. The van der Waals surface area contributed by atoms with E-state index in [1.54, 1.807) is 36.4 Å². The zero-order valence-corrected chi connectivity index (χ0v) is 12.5. The Labute approximate surface area is 130 Å². The predicted molar refractivity (Wildman–Crippen MR) is 88.4 cm³/mol. The Morgan fingerprint density at radius 3 is 2.27 bits per heavy atom. The van der Waals surface area contributed by atoms with Crippen molar-refractivity contribution in [2.45, 2.75) is 19.4 Å². The first kappa shape index (κ1) is 15.6. The van der Waals surface area contributed by atoms with E-state index < -0.39 is 0 Å². The van der Waals surface area contributed by atoms with Crippen LogP contribution in [0, 0.1) is 5.41 Å². The molecule has 0 spiro atoms. The van der Waals surface area contributed by atoms with Gasteiger partial charge in [-0.25, -0.2) is 0 Å². The van der Waals surface area contributed by atoms with E-state index in [0.29, 0.717) is 23.3 Å². The molecule has 0 aliphatic rings. The van der Waals surface area contributed by atoms with Crippen molar-refractivity contribution in [3.05, 3.63) is 71.9 Å². The van der Waals surface area contributed by atoms with Crippen molar-refractivity contribution in [2.75, 3.05) is 0 Å². The van der Waals surface area contributed by atoms with Gasteiger partial charge in [-0.15, -0.1) is 0 Å². The summed E-state index contributed by atoms with van der Waals surface area (Å²) in [6, 6.07) is 13.5. The second-order valence-electron chi connectivity index (χ2n) is 5.24. The highest BCUT2D eigenvalue weighted by Crippen LogP contribution is 2.29. The van der Waals surface area contributed by atoms with Gasteiger partial charge < -0.3 is 20.9 Å². The highest BCUT2D eigenvalue weighted by molar-refractivity contribution is 6.00. The first-order chi connectivity index (χ1) is 10.5. The monoisotopic (exact) mass is 296 g/mol. The van der Waals surface area contributed by atoms with Crippen molar-refractivity contribution in [2.24, 2.45) is 0 Å². The minimum Gasteiger partial charge on any atom is -0.508 e. The van der Waals surface area contributed by atoms with Gasteiger partial charge in [0.1, 0.15) is 11.5 Å². The fourth-order valence-electron chi connectivity index (χ4n) is 2.36. The van der Waals surface area contributed by atoms with Crippen LogP contribution in [0.3, 0.4) is 0 Å². The summed E-state index contributed by atoms with van der Waals surface area (Å²) in [6.45, 7) is 5.67. The standard InChI is InChI=1S/C18H20N2O2/c1-12(2)20-16(14-8-4-6-10-18(14)22)11-15(19)13-7-3-5-9-17(13)21/h3-10,16,19-22H,1,11H2,2H3. The van der Waals surface area contributed by atoms with Gasteiger partial charge in [0.15, 0.2) is 0 Å². The number of hydrogen-bond donors (Lipinski definition) is 4. The lowest BCUT2D eigenvalue weighted by atomic mass is 9.96. The molecule has 1 unspecified atom stereocenters. The average Bonchev–Trinajstić information content (AvgIpc) is 2.47. The molecule has 0 aromatic heterocycles. The Hall–Kier alpha value is -2.75. The van der Waals surface area contributed by atoms with Crippen LogP contribution in [0.4, 0.5) is 0 Å². The van der Waals surface area contributed by atoms with Gasteiger partial charge in [0.25, 0.3) is 0 Å². The number of aromatic hydroxyl groups is 2. The molecule has 0 heterocycles. The number of allylic oxidation sites excluding steroid dienone is 1. The molecular formula is C18H20N2O2. The molecule has 2 aromatic carbocycles.